The molecule has 2 heterocycles. The Morgan fingerprint density at radius 3 is 2.65 bits per heavy atom. The first-order valence-corrected chi connectivity index (χ1v) is 5.90. The van der Waals surface area contributed by atoms with E-state index in [0.29, 0.717) is 16.8 Å². The van der Waals surface area contributed by atoms with Crippen molar-refractivity contribution in [1.29, 1.82) is 0 Å². The average molecular weight is 310 g/mol. The zero-order valence-corrected chi connectivity index (χ0v) is 10.4. The van der Waals surface area contributed by atoms with Crippen LogP contribution in [0.15, 0.2) is 16.7 Å². The number of anilines is 1. The molecule has 7 heteroatoms. The molecule has 0 aliphatic carbocycles. The molecule has 1 aromatic heterocycles. The third-order valence-corrected chi connectivity index (χ3v) is 3.26. The predicted octanol–water partition coefficient (Wildman–Crippen LogP) is 2.40. The second-order valence-electron chi connectivity index (χ2n) is 4.02. The summed E-state index contributed by atoms with van der Waals surface area (Å²) in [4.78, 5) is 5.75. The van der Waals surface area contributed by atoms with Crippen LogP contribution in [0.25, 0.3) is 0 Å². The summed E-state index contributed by atoms with van der Waals surface area (Å²) in [6.07, 6.45) is -2.69. The normalized spacial score (nSPS) is 21.0. The molecular weight excluding hydrogens is 299 g/mol. The molecule has 94 valence electrons. The van der Waals surface area contributed by atoms with E-state index in [0.717, 1.165) is 25.2 Å². The van der Waals surface area contributed by atoms with E-state index in [4.69, 9.17) is 5.73 Å². The molecule has 17 heavy (non-hydrogen) atoms. The Morgan fingerprint density at radius 2 is 2.18 bits per heavy atom. The summed E-state index contributed by atoms with van der Waals surface area (Å²) in [5.41, 5.74) is 4.99. The number of pyridine rings is 1. The van der Waals surface area contributed by atoms with Crippen molar-refractivity contribution in [2.75, 3.05) is 18.0 Å². The van der Waals surface area contributed by atoms with E-state index in [1.807, 2.05) is 4.90 Å². The van der Waals surface area contributed by atoms with Gasteiger partial charge in [0.15, 0.2) is 0 Å². The molecule has 1 saturated heterocycles. The molecule has 0 amide bonds. The van der Waals surface area contributed by atoms with Crippen molar-refractivity contribution in [2.45, 2.75) is 18.6 Å². The number of nitrogens with two attached hydrogens (primary N) is 1. The topological polar surface area (TPSA) is 42.1 Å². The molecule has 2 rings (SSSR count). The molecule has 1 aromatic rings. The zero-order valence-electron chi connectivity index (χ0n) is 8.84. The first-order valence-electron chi connectivity index (χ1n) is 5.11. The first kappa shape index (κ1) is 12.6. The van der Waals surface area contributed by atoms with Crippen LogP contribution in [0.4, 0.5) is 19.0 Å². The number of alkyl halides is 3. The lowest BCUT2D eigenvalue weighted by molar-refractivity contribution is -0.137. The molecule has 0 bridgehead atoms. The van der Waals surface area contributed by atoms with E-state index in [1.54, 1.807) is 0 Å². The van der Waals surface area contributed by atoms with Crippen LogP contribution in [0.2, 0.25) is 0 Å². The highest BCUT2D eigenvalue weighted by Gasteiger charge is 2.32. The molecule has 0 saturated carbocycles. The fourth-order valence-corrected chi connectivity index (χ4v) is 2.40. The van der Waals surface area contributed by atoms with Gasteiger partial charge in [0.1, 0.15) is 5.82 Å². The number of nitrogens with zero attached hydrogens (tertiary/aromatic N) is 2. The maximum Gasteiger partial charge on any atom is 0.417 e. The minimum Gasteiger partial charge on any atom is -0.354 e. The van der Waals surface area contributed by atoms with Gasteiger partial charge in [0, 0.05) is 25.3 Å². The molecule has 0 radical (unpaired) electrons. The first-order chi connectivity index (χ1) is 7.88. The van der Waals surface area contributed by atoms with Gasteiger partial charge in [-0.3, -0.25) is 0 Å². The lowest BCUT2D eigenvalue weighted by atomic mass is 10.2. The molecule has 1 atom stereocenters. The Kier molecular flexibility index (Phi) is 3.31. The van der Waals surface area contributed by atoms with E-state index in [-0.39, 0.29) is 6.04 Å². The predicted molar refractivity (Wildman–Crippen MR) is 61.7 cm³/mol. The Bertz CT molecular complexity index is 422. The monoisotopic (exact) mass is 309 g/mol. The maximum absolute atomic E-state index is 12.4. The van der Waals surface area contributed by atoms with Crippen LogP contribution in [0.3, 0.4) is 0 Å². The van der Waals surface area contributed by atoms with Crippen LogP contribution in [0.5, 0.6) is 0 Å². The fourth-order valence-electron chi connectivity index (χ4n) is 1.80. The van der Waals surface area contributed by atoms with E-state index in [1.165, 1.54) is 0 Å². The quantitative estimate of drug-likeness (QED) is 0.866. The largest absolute Gasteiger partial charge is 0.417 e. The van der Waals surface area contributed by atoms with Crippen molar-refractivity contribution in [2.24, 2.45) is 5.73 Å². The molecule has 1 unspecified atom stereocenters. The van der Waals surface area contributed by atoms with Gasteiger partial charge in [-0.1, -0.05) is 0 Å². The Labute approximate surface area is 105 Å². The van der Waals surface area contributed by atoms with Crippen LogP contribution in [-0.4, -0.2) is 24.1 Å². The number of rotatable bonds is 1. The summed E-state index contributed by atoms with van der Waals surface area (Å²) in [6.45, 7) is 1.34. The molecular formula is C10H11BrF3N3. The minimum absolute atomic E-state index is 0.0611. The molecule has 0 aromatic carbocycles. The molecule has 1 aliphatic heterocycles. The van der Waals surface area contributed by atoms with Crippen molar-refractivity contribution >= 4 is 21.7 Å². The van der Waals surface area contributed by atoms with E-state index in [2.05, 4.69) is 20.9 Å². The van der Waals surface area contributed by atoms with Gasteiger partial charge in [0.05, 0.1) is 10.0 Å². The van der Waals surface area contributed by atoms with Crippen molar-refractivity contribution < 1.29 is 13.2 Å². The van der Waals surface area contributed by atoms with Gasteiger partial charge in [-0.25, -0.2) is 4.98 Å². The lowest BCUT2D eigenvalue weighted by Crippen LogP contribution is -2.27. The SMILES string of the molecule is NC1CCN(c2ncc(C(F)(F)F)cc2Br)C1. The summed E-state index contributed by atoms with van der Waals surface area (Å²) in [7, 11) is 0. The molecule has 1 fully saturated rings. The zero-order chi connectivity index (χ0) is 12.6. The smallest absolute Gasteiger partial charge is 0.354 e. The van der Waals surface area contributed by atoms with Gasteiger partial charge in [-0.2, -0.15) is 13.2 Å². The van der Waals surface area contributed by atoms with Gasteiger partial charge in [0.2, 0.25) is 0 Å². The van der Waals surface area contributed by atoms with Gasteiger partial charge < -0.3 is 10.6 Å². The van der Waals surface area contributed by atoms with Crippen LogP contribution < -0.4 is 10.6 Å². The van der Waals surface area contributed by atoms with Crippen LogP contribution in [-0.2, 0) is 6.18 Å². The number of hydrogen-bond acceptors (Lipinski definition) is 3. The Hall–Kier alpha value is -0.820. The third kappa shape index (κ3) is 2.71. The van der Waals surface area contributed by atoms with Crippen molar-refractivity contribution in [3.63, 3.8) is 0 Å². The van der Waals surface area contributed by atoms with E-state index < -0.39 is 11.7 Å². The van der Waals surface area contributed by atoms with Crippen molar-refractivity contribution in [3.8, 4) is 0 Å². The second kappa shape index (κ2) is 4.45. The number of hydrogen-bond donors (Lipinski definition) is 1. The summed E-state index contributed by atoms with van der Waals surface area (Å²) in [5.74, 6) is 0.519. The van der Waals surface area contributed by atoms with E-state index >= 15 is 0 Å². The van der Waals surface area contributed by atoms with Crippen LogP contribution >= 0.6 is 15.9 Å². The van der Waals surface area contributed by atoms with Crippen molar-refractivity contribution in [3.05, 3.63) is 22.3 Å². The summed E-state index contributed by atoms with van der Waals surface area (Å²) in [5, 5.41) is 0. The van der Waals surface area contributed by atoms with Gasteiger partial charge in [-0.05, 0) is 28.4 Å². The van der Waals surface area contributed by atoms with Crippen LogP contribution in [0.1, 0.15) is 12.0 Å². The second-order valence-corrected chi connectivity index (χ2v) is 4.88. The fraction of sp³-hybridized carbons (Fsp3) is 0.500. The van der Waals surface area contributed by atoms with Crippen molar-refractivity contribution in [1.82, 2.24) is 4.98 Å². The third-order valence-electron chi connectivity index (χ3n) is 2.67. The standard InChI is InChI=1S/C10H11BrF3N3/c11-8-3-6(10(12,13)14)4-16-9(8)17-2-1-7(15)5-17/h3-4,7H,1-2,5,15H2. The van der Waals surface area contributed by atoms with Gasteiger partial charge in [-0.15, -0.1) is 0 Å². The summed E-state index contributed by atoms with van der Waals surface area (Å²) < 4.78 is 37.7. The van der Waals surface area contributed by atoms with Crippen LogP contribution in [0, 0.1) is 0 Å². The molecule has 2 N–H and O–H groups in total. The van der Waals surface area contributed by atoms with Gasteiger partial charge in [0.25, 0.3) is 0 Å². The van der Waals surface area contributed by atoms with E-state index in [9.17, 15) is 13.2 Å². The Balaban J connectivity index is 2.26. The Morgan fingerprint density at radius 1 is 1.47 bits per heavy atom. The maximum atomic E-state index is 12.4. The highest BCUT2D eigenvalue weighted by Crippen LogP contribution is 2.34. The van der Waals surface area contributed by atoms with Gasteiger partial charge >= 0.3 is 6.18 Å². The number of aromatic nitrogens is 1. The lowest BCUT2D eigenvalue weighted by Gasteiger charge is -2.19. The molecule has 0 spiro atoms. The summed E-state index contributed by atoms with van der Waals surface area (Å²) in [6, 6.07) is 1.11. The number of halogens is 4. The summed E-state index contributed by atoms with van der Waals surface area (Å²) >= 11 is 3.12. The highest BCUT2D eigenvalue weighted by atomic mass is 79.9. The highest BCUT2D eigenvalue weighted by molar-refractivity contribution is 9.10. The molecule has 3 nitrogen and oxygen atoms in total. The average Bonchev–Trinajstić information content (AvgIpc) is 2.63. The molecule has 1 aliphatic rings. The minimum atomic E-state index is -4.37.